The molecule has 2 atom stereocenters. The lowest BCUT2D eigenvalue weighted by atomic mass is 10.0. The monoisotopic (exact) mass is 533 g/mol. The molecule has 37 heavy (non-hydrogen) atoms. The van der Waals surface area contributed by atoms with E-state index in [1.807, 2.05) is 0 Å². The van der Waals surface area contributed by atoms with Crippen LogP contribution in [-0.2, 0) is 9.47 Å². The van der Waals surface area contributed by atoms with E-state index in [1.54, 1.807) is 45.3 Å². The highest BCUT2D eigenvalue weighted by Crippen LogP contribution is 2.29. The number of halogens is 2. The lowest BCUT2D eigenvalue weighted by Crippen LogP contribution is -2.40. The summed E-state index contributed by atoms with van der Waals surface area (Å²) in [5.74, 6) is -3.08. The first-order valence-electron chi connectivity index (χ1n) is 12.0. The predicted octanol–water partition coefficient (Wildman–Crippen LogP) is 4.63. The quantitative estimate of drug-likeness (QED) is 0.449. The number of carbonyl (C=O) groups excluding carboxylic acids is 2. The van der Waals surface area contributed by atoms with Crippen LogP contribution >= 0.6 is 11.3 Å². The van der Waals surface area contributed by atoms with Gasteiger partial charge in [-0.25, -0.2) is 18.4 Å². The van der Waals surface area contributed by atoms with Gasteiger partial charge in [-0.05, 0) is 46.6 Å². The number of benzene rings is 1. The van der Waals surface area contributed by atoms with Gasteiger partial charge < -0.3 is 24.5 Å². The van der Waals surface area contributed by atoms with Crippen LogP contribution in [0.4, 0.5) is 13.6 Å². The second kappa shape index (κ2) is 10.6. The lowest BCUT2D eigenvalue weighted by molar-refractivity contribution is 0.0503. The van der Waals surface area contributed by atoms with Gasteiger partial charge >= 0.3 is 12.1 Å². The van der Waals surface area contributed by atoms with Crippen LogP contribution in [0.1, 0.15) is 56.5 Å². The Kier molecular flexibility index (Phi) is 7.65. The number of hydrogen-bond acceptors (Lipinski definition) is 7. The summed E-state index contributed by atoms with van der Waals surface area (Å²) in [5.41, 5.74) is -1.42. The van der Waals surface area contributed by atoms with Crippen molar-refractivity contribution in [1.29, 1.82) is 0 Å². The zero-order valence-corrected chi connectivity index (χ0v) is 21.8. The first kappa shape index (κ1) is 26.7. The lowest BCUT2D eigenvalue weighted by Gasteiger charge is -2.21. The number of hydrogen-bond donors (Lipinski definition) is 2. The Bertz CT molecular complexity index is 1440. The average Bonchev–Trinajstić information content (AvgIpc) is 3.45. The van der Waals surface area contributed by atoms with Gasteiger partial charge in [0.05, 0.1) is 17.5 Å². The normalized spacial score (nSPS) is 18.1. The minimum Gasteiger partial charge on any atom is -0.462 e. The maximum atomic E-state index is 15.0. The molecule has 2 unspecified atom stereocenters. The van der Waals surface area contributed by atoms with E-state index in [2.05, 4.69) is 10.6 Å². The number of nitrogens with zero attached hydrogens (tertiary/aromatic N) is 1. The number of esters is 1. The molecule has 8 nitrogen and oxygen atoms in total. The second-order valence-electron chi connectivity index (χ2n) is 9.81. The largest absolute Gasteiger partial charge is 0.462 e. The molecule has 0 radical (unpaired) electrons. The van der Waals surface area contributed by atoms with Crippen molar-refractivity contribution in [2.75, 3.05) is 13.2 Å². The summed E-state index contributed by atoms with van der Waals surface area (Å²) in [7, 11) is 0. The van der Waals surface area contributed by atoms with Crippen LogP contribution in [0, 0.1) is 11.6 Å². The average molecular weight is 534 g/mol. The molecule has 0 spiro atoms. The number of amides is 1. The number of pyridine rings is 1. The molecule has 1 aliphatic heterocycles. The van der Waals surface area contributed by atoms with Crippen molar-refractivity contribution < 1.29 is 27.8 Å². The van der Waals surface area contributed by atoms with E-state index in [4.69, 9.17) is 9.47 Å². The molecule has 2 N–H and O–H groups in total. The number of nitrogens with one attached hydrogen (secondary N) is 2. The van der Waals surface area contributed by atoms with Crippen molar-refractivity contribution in [3.05, 3.63) is 56.7 Å². The molecule has 11 heteroatoms. The van der Waals surface area contributed by atoms with Gasteiger partial charge in [0.15, 0.2) is 11.6 Å². The maximum absolute atomic E-state index is 15.0. The molecule has 1 saturated heterocycles. The molecule has 0 saturated carbocycles. The third-order valence-electron chi connectivity index (χ3n) is 5.89. The van der Waals surface area contributed by atoms with Crippen molar-refractivity contribution >= 4 is 45.2 Å². The van der Waals surface area contributed by atoms with Gasteiger partial charge in [0.25, 0.3) is 0 Å². The fourth-order valence-corrected chi connectivity index (χ4v) is 5.28. The predicted molar refractivity (Wildman–Crippen MR) is 138 cm³/mol. The Labute approximate surface area is 216 Å². The summed E-state index contributed by atoms with van der Waals surface area (Å²) >= 11 is 1.14. The molecule has 0 bridgehead atoms. The van der Waals surface area contributed by atoms with E-state index < -0.39 is 34.7 Å². The van der Waals surface area contributed by atoms with Gasteiger partial charge in [0, 0.05) is 35.8 Å². The molecule has 4 rings (SSSR count). The van der Waals surface area contributed by atoms with Crippen LogP contribution < -0.4 is 16.1 Å². The van der Waals surface area contributed by atoms with Crippen LogP contribution in [0.15, 0.2) is 28.5 Å². The minimum atomic E-state index is -1.19. The summed E-state index contributed by atoms with van der Waals surface area (Å²) in [4.78, 5) is 38.0. The number of thiazole rings is 1. The Morgan fingerprint density at radius 2 is 2.08 bits per heavy atom. The molecule has 198 valence electrons. The molecular weight excluding hydrogens is 504 g/mol. The summed E-state index contributed by atoms with van der Waals surface area (Å²) in [6.45, 7) is 7.61. The fraction of sp³-hybridized carbons (Fsp3) is 0.423. The van der Waals surface area contributed by atoms with Gasteiger partial charge in [0.2, 0.25) is 5.43 Å². The molecule has 1 fully saturated rings. The standard InChI is InChI=1S/C26H29F2N3O5S/c1-5-35-24(33)19-22(32)17-12-18(27)20(28)16(21(17)31-9-10-37-23(19)31)8-6-7-14-11-15(13-29-14)30-25(34)36-26(2,3)4/h6,8-10,12,14-15,29H,5,7,11,13H2,1-4H3,(H,30,34). The maximum Gasteiger partial charge on any atom is 0.407 e. The van der Waals surface area contributed by atoms with Crippen LogP contribution in [-0.4, -0.2) is 47.3 Å². The fourth-order valence-electron chi connectivity index (χ4n) is 4.40. The summed E-state index contributed by atoms with van der Waals surface area (Å²) in [6.07, 6.45) is 5.37. The molecule has 1 aliphatic rings. The Morgan fingerprint density at radius 3 is 2.78 bits per heavy atom. The molecule has 3 heterocycles. The van der Waals surface area contributed by atoms with Crippen LogP contribution in [0.3, 0.4) is 0 Å². The second-order valence-corrected chi connectivity index (χ2v) is 10.7. The highest BCUT2D eigenvalue weighted by atomic mass is 32.1. The topological polar surface area (TPSA) is 98.1 Å². The molecule has 2 aromatic heterocycles. The Hall–Kier alpha value is -3.31. The number of carbonyl (C=O) groups is 2. The summed E-state index contributed by atoms with van der Waals surface area (Å²) in [5, 5.41) is 7.67. The van der Waals surface area contributed by atoms with Gasteiger partial charge in [-0.2, -0.15) is 0 Å². The number of rotatable bonds is 6. The van der Waals surface area contributed by atoms with Gasteiger partial charge in [-0.15, -0.1) is 11.3 Å². The van der Waals surface area contributed by atoms with E-state index >= 15 is 4.39 Å². The summed E-state index contributed by atoms with van der Waals surface area (Å²) < 4.78 is 41.4. The molecule has 0 aliphatic carbocycles. The Balaban J connectivity index is 1.61. The number of ether oxygens (including phenoxy) is 2. The first-order chi connectivity index (χ1) is 17.5. The van der Waals surface area contributed by atoms with Crippen molar-refractivity contribution in [3.63, 3.8) is 0 Å². The van der Waals surface area contributed by atoms with E-state index in [0.717, 1.165) is 17.4 Å². The zero-order chi connectivity index (χ0) is 26.9. The van der Waals surface area contributed by atoms with Gasteiger partial charge in [0.1, 0.15) is 16.0 Å². The zero-order valence-electron chi connectivity index (χ0n) is 21.0. The van der Waals surface area contributed by atoms with Crippen LogP contribution in [0.5, 0.6) is 0 Å². The highest BCUT2D eigenvalue weighted by molar-refractivity contribution is 7.16. The molecule has 1 aromatic carbocycles. The number of aromatic nitrogens is 1. The highest BCUT2D eigenvalue weighted by Gasteiger charge is 2.27. The third-order valence-corrected chi connectivity index (χ3v) is 6.77. The van der Waals surface area contributed by atoms with Crippen molar-refractivity contribution in [2.24, 2.45) is 0 Å². The van der Waals surface area contributed by atoms with E-state index in [0.29, 0.717) is 24.2 Å². The van der Waals surface area contributed by atoms with E-state index in [9.17, 15) is 18.8 Å². The van der Waals surface area contributed by atoms with E-state index in [-0.39, 0.29) is 40.7 Å². The number of alkyl carbamates (subject to hydrolysis) is 1. The van der Waals surface area contributed by atoms with Crippen LogP contribution in [0.25, 0.3) is 21.8 Å². The van der Waals surface area contributed by atoms with Crippen molar-refractivity contribution in [3.8, 4) is 0 Å². The minimum absolute atomic E-state index is 0.00150. The number of fused-ring (bicyclic) bond motifs is 3. The molecule has 1 amide bonds. The molecule has 3 aromatic rings. The smallest absolute Gasteiger partial charge is 0.407 e. The van der Waals surface area contributed by atoms with Crippen LogP contribution in [0.2, 0.25) is 0 Å². The summed E-state index contributed by atoms with van der Waals surface area (Å²) in [6, 6.07) is 0.700. The van der Waals surface area contributed by atoms with Crippen molar-refractivity contribution in [1.82, 2.24) is 15.0 Å². The first-order valence-corrected chi connectivity index (χ1v) is 12.9. The Morgan fingerprint density at radius 1 is 1.32 bits per heavy atom. The SMILES string of the molecule is CCOC(=O)c1c(=O)c2cc(F)c(F)c(C=CCC3CC(NC(=O)OC(C)(C)C)CN3)c2n2ccsc12. The van der Waals surface area contributed by atoms with E-state index in [1.165, 1.54) is 10.5 Å². The van der Waals surface area contributed by atoms with Crippen molar-refractivity contribution in [2.45, 2.75) is 58.2 Å². The third kappa shape index (κ3) is 5.67. The van der Waals surface area contributed by atoms with Gasteiger partial charge in [-0.3, -0.25) is 4.79 Å². The molecular formula is C26H29F2N3O5S. The van der Waals surface area contributed by atoms with Gasteiger partial charge in [-0.1, -0.05) is 12.2 Å².